The molecule has 5 heteroatoms. The first-order valence-electron chi connectivity index (χ1n) is 6.86. The zero-order chi connectivity index (χ0) is 15.7. The molecule has 4 nitrogen and oxygen atoms in total. The van der Waals surface area contributed by atoms with Crippen molar-refractivity contribution >= 4 is 23.3 Å². The molecular weight excluding hydrogens is 302 g/mol. The molecule has 0 bridgehead atoms. The maximum atomic E-state index is 12.2. The van der Waals surface area contributed by atoms with Crippen LogP contribution in [0, 0.1) is 0 Å². The summed E-state index contributed by atoms with van der Waals surface area (Å²) in [4.78, 5) is 25.7. The van der Waals surface area contributed by atoms with Crippen LogP contribution in [0.5, 0.6) is 11.5 Å². The highest BCUT2D eigenvalue weighted by Crippen LogP contribution is 2.34. The molecule has 2 aromatic carbocycles. The van der Waals surface area contributed by atoms with Crippen LogP contribution in [0.25, 0.3) is 0 Å². The van der Waals surface area contributed by atoms with E-state index in [4.69, 9.17) is 16.3 Å². The van der Waals surface area contributed by atoms with Crippen LogP contribution in [0.1, 0.15) is 11.5 Å². The quantitative estimate of drug-likeness (QED) is 0.817. The molecule has 3 rings (SSSR count). The number of benzene rings is 2. The molecule has 2 aromatic rings. The van der Waals surface area contributed by atoms with E-state index >= 15 is 0 Å². The molecule has 1 heterocycles. The normalized spacial score (nSPS) is 17.9. The maximum Gasteiger partial charge on any atom is 0.238 e. The third-order valence-electron chi connectivity index (χ3n) is 3.61. The Morgan fingerprint density at radius 2 is 1.77 bits per heavy atom. The van der Waals surface area contributed by atoms with Crippen LogP contribution in [0.15, 0.2) is 48.5 Å². The summed E-state index contributed by atoms with van der Waals surface area (Å²) in [6.07, 6.45) is 0. The molecule has 1 saturated heterocycles. The topological polar surface area (TPSA) is 46.6 Å². The average molecular weight is 316 g/mol. The average Bonchev–Trinajstić information content (AvgIpc) is 2.75. The first-order chi connectivity index (χ1) is 10.6. The molecular formula is C17H14ClNO3. The Bertz CT molecular complexity index is 727. The van der Waals surface area contributed by atoms with Gasteiger partial charge in [-0.25, -0.2) is 0 Å². The number of carbonyl (C=O) groups excluding carboxylic acids is 2. The highest BCUT2D eigenvalue weighted by atomic mass is 35.5. The van der Waals surface area contributed by atoms with E-state index in [9.17, 15) is 9.59 Å². The van der Waals surface area contributed by atoms with Gasteiger partial charge in [0.05, 0.1) is 6.54 Å². The maximum absolute atomic E-state index is 12.2. The van der Waals surface area contributed by atoms with Crippen molar-refractivity contribution in [2.24, 2.45) is 0 Å². The summed E-state index contributed by atoms with van der Waals surface area (Å²) in [6, 6.07) is 14.0. The van der Waals surface area contributed by atoms with Crippen LogP contribution in [0.3, 0.4) is 0 Å². The largest absolute Gasteiger partial charge is 0.457 e. The third kappa shape index (κ3) is 2.70. The number of para-hydroxylation sites is 1. The van der Waals surface area contributed by atoms with Crippen molar-refractivity contribution in [2.75, 3.05) is 13.6 Å². The minimum Gasteiger partial charge on any atom is -0.457 e. The standard InChI is InChI=1S/C17H14ClNO3/c1-19-10-14(20)16(17(19)21)13-4-2-3-5-15(13)22-12-8-6-11(18)7-9-12/h2-9,16H,10H2,1H3/t16-/m0/s1. The van der Waals surface area contributed by atoms with Crippen molar-refractivity contribution in [3.05, 3.63) is 59.1 Å². The number of hydrogen-bond donors (Lipinski definition) is 0. The Balaban J connectivity index is 1.95. The van der Waals surface area contributed by atoms with E-state index in [1.165, 1.54) is 4.90 Å². The molecule has 0 spiro atoms. The van der Waals surface area contributed by atoms with Crippen molar-refractivity contribution in [3.63, 3.8) is 0 Å². The van der Waals surface area contributed by atoms with Crippen LogP contribution < -0.4 is 4.74 Å². The van der Waals surface area contributed by atoms with E-state index in [0.717, 1.165) is 0 Å². The number of carbonyl (C=O) groups is 2. The van der Waals surface area contributed by atoms with Gasteiger partial charge in [-0.1, -0.05) is 29.8 Å². The molecule has 22 heavy (non-hydrogen) atoms. The minimum atomic E-state index is -0.784. The summed E-state index contributed by atoms with van der Waals surface area (Å²) in [5, 5.41) is 0.614. The molecule has 0 N–H and O–H groups in total. The molecule has 0 unspecified atom stereocenters. The summed E-state index contributed by atoms with van der Waals surface area (Å²) in [7, 11) is 1.63. The number of rotatable bonds is 3. The number of nitrogens with zero attached hydrogens (tertiary/aromatic N) is 1. The minimum absolute atomic E-state index is 0.111. The lowest BCUT2D eigenvalue weighted by Crippen LogP contribution is -2.21. The number of likely N-dealkylation sites (tertiary alicyclic amines) is 1. The van der Waals surface area contributed by atoms with Gasteiger partial charge in [-0.05, 0) is 30.3 Å². The fourth-order valence-corrected chi connectivity index (χ4v) is 2.64. The van der Waals surface area contributed by atoms with E-state index in [2.05, 4.69) is 0 Å². The summed E-state index contributed by atoms with van der Waals surface area (Å²) in [5.74, 6) is 0.0141. The van der Waals surface area contributed by atoms with Gasteiger partial charge in [0.1, 0.15) is 17.4 Å². The zero-order valence-corrected chi connectivity index (χ0v) is 12.7. The Labute approximate surface area is 133 Å². The van der Waals surface area contributed by atoms with Crippen molar-refractivity contribution in [1.29, 1.82) is 0 Å². The highest BCUT2D eigenvalue weighted by molar-refractivity contribution is 6.30. The number of Topliss-reactive ketones (excluding diaryl/α,β-unsaturated/α-hetero) is 1. The SMILES string of the molecule is CN1CC(=O)[C@H](c2ccccc2Oc2ccc(Cl)cc2)C1=O. The molecule has 112 valence electrons. The highest BCUT2D eigenvalue weighted by Gasteiger charge is 2.39. The third-order valence-corrected chi connectivity index (χ3v) is 3.86. The summed E-state index contributed by atoms with van der Waals surface area (Å²) < 4.78 is 5.83. The molecule has 1 fully saturated rings. The number of halogens is 1. The van der Waals surface area contributed by atoms with Crippen molar-refractivity contribution < 1.29 is 14.3 Å². The fraction of sp³-hybridized carbons (Fsp3) is 0.176. The lowest BCUT2D eigenvalue weighted by molar-refractivity contribution is -0.128. The number of ketones is 1. The van der Waals surface area contributed by atoms with Gasteiger partial charge in [-0.2, -0.15) is 0 Å². The zero-order valence-electron chi connectivity index (χ0n) is 12.0. The molecule has 1 aliphatic rings. The van der Waals surface area contributed by atoms with Gasteiger partial charge in [0.2, 0.25) is 5.91 Å². The summed E-state index contributed by atoms with van der Waals surface area (Å²) in [5.41, 5.74) is 0.594. The number of ether oxygens (including phenoxy) is 1. The lowest BCUT2D eigenvalue weighted by atomic mass is 9.96. The molecule has 1 amide bonds. The van der Waals surface area contributed by atoms with Gasteiger partial charge in [-0.3, -0.25) is 9.59 Å². The second-order valence-electron chi connectivity index (χ2n) is 5.19. The Morgan fingerprint density at radius 1 is 1.09 bits per heavy atom. The van der Waals surface area contributed by atoms with Crippen LogP contribution in [0.4, 0.5) is 0 Å². The van der Waals surface area contributed by atoms with Crippen molar-refractivity contribution in [1.82, 2.24) is 4.90 Å². The predicted molar refractivity (Wildman–Crippen MR) is 83.4 cm³/mol. The molecule has 0 aromatic heterocycles. The predicted octanol–water partition coefficient (Wildman–Crippen LogP) is 3.26. The van der Waals surface area contributed by atoms with E-state index in [1.54, 1.807) is 49.5 Å². The summed E-state index contributed by atoms with van der Waals surface area (Å²) in [6.45, 7) is 0.138. The Morgan fingerprint density at radius 3 is 2.41 bits per heavy atom. The van der Waals surface area contributed by atoms with Gasteiger partial charge in [0.15, 0.2) is 5.78 Å². The Kier molecular flexibility index (Phi) is 3.86. The first kappa shape index (κ1) is 14.6. The Hall–Kier alpha value is -2.33. The second kappa shape index (κ2) is 5.81. The van der Waals surface area contributed by atoms with Crippen LogP contribution in [0.2, 0.25) is 5.02 Å². The van der Waals surface area contributed by atoms with Crippen LogP contribution in [-0.2, 0) is 9.59 Å². The summed E-state index contributed by atoms with van der Waals surface area (Å²) >= 11 is 5.85. The van der Waals surface area contributed by atoms with Gasteiger partial charge in [0.25, 0.3) is 0 Å². The molecule has 0 radical (unpaired) electrons. The van der Waals surface area contributed by atoms with E-state index in [-0.39, 0.29) is 18.2 Å². The van der Waals surface area contributed by atoms with Gasteiger partial charge in [-0.15, -0.1) is 0 Å². The number of amides is 1. The van der Waals surface area contributed by atoms with Crippen LogP contribution in [-0.4, -0.2) is 30.2 Å². The molecule has 0 saturated carbocycles. The van der Waals surface area contributed by atoms with Crippen molar-refractivity contribution in [2.45, 2.75) is 5.92 Å². The number of likely N-dealkylation sites (N-methyl/N-ethyl adjacent to an activating group) is 1. The molecule has 1 aliphatic heterocycles. The molecule has 1 atom stereocenters. The van der Waals surface area contributed by atoms with E-state index in [0.29, 0.717) is 22.1 Å². The van der Waals surface area contributed by atoms with E-state index in [1.807, 2.05) is 6.07 Å². The first-order valence-corrected chi connectivity index (χ1v) is 7.24. The fourth-order valence-electron chi connectivity index (χ4n) is 2.51. The monoisotopic (exact) mass is 315 g/mol. The van der Waals surface area contributed by atoms with Gasteiger partial charge in [0, 0.05) is 17.6 Å². The second-order valence-corrected chi connectivity index (χ2v) is 5.62. The van der Waals surface area contributed by atoms with Gasteiger partial charge >= 0.3 is 0 Å². The van der Waals surface area contributed by atoms with Gasteiger partial charge < -0.3 is 9.64 Å². The molecule has 0 aliphatic carbocycles. The number of hydrogen-bond acceptors (Lipinski definition) is 3. The smallest absolute Gasteiger partial charge is 0.238 e. The van der Waals surface area contributed by atoms with Crippen molar-refractivity contribution in [3.8, 4) is 11.5 Å². The van der Waals surface area contributed by atoms with E-state index < -0.39 is 5.92 Å². The van der Waals surface area contributed by atoms with Crippen LogP contribution >= 0.6 is 11.6 Å². The lowest BCUT2D eigenvalue weighted by Gasteiger charge is -2.14.